The fourth-order valence-corrected chi connectivity index (χ4v) is 6.81. The Morgan fingerprint density at radius 3 is 1.36 bits per heavy atom. The maximum absolute atomic E-state index is 11.5. The quantitative estimate of drug-likeness (QED) is 0.568. The fourth-order valence-electron chi connectivity index (χ4n) is 6.81. The Bertz CT molecular complexity index is 444. The maximum Gasteiger partial charge on any atom is 0.0604 e. The molecular formula is C26H50O2. The molecule has 2 saturated carbocycles. The molecule has 166 valence electrons. The van der Waals surface area contributed by atoms with Crippen LogP contribution in [-0.4, -0.2) is 22.4 Å². The van der Waals surface area contributed by atoms with Crippen molar-refractivity contribution in [2.24, 2.45) is 52.3 Å². The molecule has 2 aliphatic carbocycles. The molecule has 2 fully saturated rings. The number of aliphatic hydroxyl groups excluding tert-OH is 2. The lowest BCUT2D eigenvalue weighted by Gasteiger charge is -2.52. The van der Waals surface area contributed by atoms with Crippen LogP contribution in [0.2, 0.25) is 0 Å². The molecule has 2 N–H and O–H groups in total. The monoisotopic (exact) mass is 394 g/mol. The van der Waals surface area contributed by atoms with Gasteiger partial charge in [-0.3, -0.25) is 0 Å². The Morgan fingerprint density at radius 1 is 0.714 bits per heavy atom. The number of rotatable bonds is 4. The first kappa shape index (κ1) is 24.2. The topological polar surface area (TPSA) is 40.5 Å². The molecule has 8 unspecified atom stereocenters. The average Bonchev–Trinajstić information content (AvgIpc) is 2.54. The van der Waals surface area contributed by atoms with Crippen LogP contribution in [0.15, 0.2) is 0 Å². The van der Waals surface area contributed by atoms with E-state index in [9.17, 15) is 10.2 Å². The van der Waals surface area contributed by atoms with Crippen molar-refractivity contribution in [3.63, 3.8) is 0 Å². The van der Waals surface area contributed by atoms with Crippen LogP contribution in [0.3, 0.4) is 0 Å². The molecule has 2 heteroatoms. The third-order valence-corrected chi connectivity index (χ3v) is 8.31. The van der Waals surface area contributed by atoms with E-state index in [-0.39, 0.29) is 23.0 Å². The molecule has 2 aliphatic rings. The van der Waals surface area contributed by atoms with Crippen LogP contribution >= 0.6 is 0 Å². The second-order valence-corrected chi connectivity index (χ2v) is 12.9. The first-order valence-corrected chi connectivity index (χ1v) is 12.1. The Balaban J connectivity index is 2.34. The Kier molecular flexibility index (Phi) is 7.74. The van der Waals surface area contributed by atoms with E-state index in [1.54, 1.807) is 0 Å². The zero-order valence-corrected chi connectivity index (χ0v) is 20.3. The highest BCUT2D eigenvalue weighted by atomic mass is 16.3. The lowest BCUT2D eigenvalue weighted by Crippen LogP contribution is -2.51. The minimum Gasteiger partial charge on any atom is -0.393 e. The van der Waals surface area contributed by atoms with Gasteiger partial charge in [0, 0.05) is 0 Å². The van der Waals surface area contributed by atoms with Gasteiger partial charge in [0.05, 0.1) is 12.2 Å². The Hall–Kier alpha value is -0.0800. The maximum atomic E-state index is 11.5. The molecule has 28 heavy (non-hydrogen) atoms. The van der Waals surface area contributed by atoms with E-state index in [2.05, 4.69) is 62.3 Å². The van der Waals surface area contributed by atoms with Gasteiger partial charge < -0.3 is 10.2 Å². The lowest BCUT2D eigenvalue weighted by molar-refractivity contribution is -0.117. The van der Waals surface area contributed by atoms with E-state index >= 15 is 0 Å². The van der Waals surface area contributed by atoms with Gasteiger partial charge >= 0.3 is 0 Å². The van der Waals surface area contributed by atoms with Gasteiger partial charge in [-0.1, -0.05) is 68.7 Å². The van der Waals surface area contributed by atoms with Crippen molar-refractivity contribution in [3.05, 3.63) is 0 Å². The molecular weight excluding hydrogens is 344 g/mol. The van der Waals surface area contributed by atoms with Gasteiger partial charge in [0.2, 0.25) is 0 Å². The summed E-state index contributed by atoms with van der Waals surface area (Å²) in [6.45, 7) is 20.8. The normalized spacial score (nSPS) is 41.7. The minimum atomic E-state index is -0.231. The first-order valence-electron chi connectivity index (χ1n) is 12.1. The minimum absolute atomic E-state index is 0.134. The second-order valence-electron chi connectivity index (χ2n) is 12.9. The first-order chi connectivity index (χ1) is 12.8. The summed E-state index contributed by atoms with van der Waals surface area (Å²) in [4.78, 5) is 0. The summed E-state index contributed by atoms with van der Waals surface area (Å²) in [7, 11) is 0. The SMILES string of the molecule is CCCC(C1CC(C)CC(C(C)(C)C)C1O)C1CC(C)CC(C(C)(C)C)C1O. The number of hydrogen-bond donors (Lipinski definition) is 2. The van der Waals surface area contributed by atoms with Crippen molar-refractivity contribution >= 4 is 0 Å². The molecule has 0 amide bonds. The highest BCUT2D eigenvalue weighted by molar-refractivity contribution is 4.99. The summed E-state index contributed by atoms with van der Waals surface area (Å²) in [5.41, 5.74) is 0.269. The molecule has 0 saturated heterocycles. The third kappa shape index (κ3) is 5.34. The van der Waals surface area contributed by atoms with Crippen LogP contribution in [0.1, 0.15) is 101 Å². The van der Waals surface area contributed by atoms with E-state index in [4.69, 9.17) is 0 Å². The predicted octanol–water partition coefficient (Wildman–Crippen LogP) is 6.54. The number of aliphatic hydroxyl groups is 2. The van der Waals surface area contributed by atoms with Crippen molar-refractivity contribution in [2.75, 3.05) is 0 Å². The summed E-state index contributed by atoms with van der Waals surface area (Å²) in [5, 5.41) is 23.0. The molecule has 0 aromatic rings. The van der Waals surface area contributed by atoms with Gasteiger partial charge in [-0.2, -0.15) is 0 Å². The standard InChI is InChI=1S/C26H50O2/c1-10-11-18(19-12-16(2)14-21(23(19)27)25(4,5)6)20-13-17(3)15-22(24(20)28)26(7,8)9/h16-24,27-28H,10-15H2,1-9H3. The van der Waals surface area contributed by atoms with Crippen LogP contribution in [0.4, 0.5) is 0 Å². The van der Waals surface area contributed by atoms with Crippen LogP contribution in [-0.2, 0) is 0 Å². The average molecular weight is 395 g/mol. The van der Waals surface area contributed by atoms with E-state index in [1.165, 1.54) is 0 Å². The highest BCUT2D eigenvalue weighted by Gasteiger charge is 2.49. The van der Waals surface area contributed by atoms with Gasteiger partial charge in [-0.15, -0.1) is 0 Å². The number of hydrogen-bond acceptors (Lipinski definition) is 2. The van der Waals surface area contributed by atoms with Crippen LogP contribution in [0.25, 0.3) is 0 Å². The lowest BCUT2D eigenvalue weighted by atomic mass is 9.55. The van der Waals surface area contributed by atoms with Crippen LogP contribution < -0.4 is 0 Å². The third-order valence-electron chi connectivity index (χ3n) is 8.31. The molecule has 0 heterocycles. The van der Waals surface area contributed by atoms with E-state index in [1.807, 2.05) is 0 Å². The molecule has 2 rings (SSSR count). The van der Waals surface area contributed by atoms with Gasteiger partial charge in [-0.25, -0.2) is 0 Å². The fraction of sp³-hybridized carbons (Fsp3) is 1.00. The molecule has 0 bridgehead atoms. The van der Waals surface area contributed by atoms with E-state index in [0.717, 1.165) is 38.5 Å². The second kappa shape index (κ2) is 8.96. The Morgan fingerprint density at radius 2 is 1.07 bits per heavy atom. The van der Waals surface area contributed by atoms with E-state index < -0.39 is 0 Å². The largest absolute Gasteiger partial charge is 0.393 e. The molecule has 8 atom stereocenters. The smallest absolute Gasteiger partial charge is 0.0604 e. The van der Waals surface area contributed by atoms with Gasteiger partial charge in [0.1, 0.15) is 0 Å². The van der Waals surface area contributed by atoms with Crippen LogP contribution in [0.5, 0.6) is 0 Å². The van der Waals surface area contributed by atoms with Gasteiger partial charge in [0.15, 0.2) is 0 Å². The van der Waals surface area contributed by atoms with Crippen molar-refractivity contribution in [1.29, 1.82) is 0 Å². The summed E-state index contributed by atoms with van der Waals surface area (Å²) in [6, 6.07) is 0. The highest BCUT2D eigenvalue weighted by Crippen LogP contribution is 2.52. The molecule has 0 aliphatic heterocycles. The summed E-state index contributed by atoms with van der Waals surface area (Å²) in [6.07, 6.45) is 6.32. The zero-order valence-electron chi connectivity index (χ0n) is 20.3. The van der Waals surface area contributed by atoms with Crippen molar-refractivity contribution in [2.45, 2.75) is 113 Å². The van der Waals surface area contributed by atoms with Crippen molar-refractivity contribution < 1.29 is 10.2 Å². The predicted molar refractivity (Wildman–Crippen MR) is 120 cm³/mol. The molecule has 0 radical (unpaired) electrons. The van der Waals surface area contributed by atoms with Gasteiger partial charge in [-0.05, 0) is 84.4 Å². The summed E-state index contributed by atoms with van der Waals surface area (Å²) >= 11 is 0. The molecule has 2 nitrogen and oxygen atoms in total. The molecule has 0 spiro atoms. The Labute approximate surface area is 175 Å². The van der Waals surface area contributed by atoms with Crippen molar-refractivity contribution in [1.82, 2.24) is 0 Å². The zero-order chi connectivity index (χ0) is 21.4. The molecule has 0 aromatic heterocycles. The summed E-state index contributed by atoms with van der Waals surface area (Å²) in [5.74, 6) is 3.14. The summed E-state index contributed by atoms with van der Waals surface area (Å²) < 4.78 is 0. The van der Waals surface area contributed by atoms with Crippen LogP contribution in [0, 0.1) is 52.3 Å². The van der Waals surface area contributed by atoms with E-state index in [0.29, 0.717) is 41.4 Å². The van der Waals surface area contributed by atoms with Gasteiger partial charge in [0.25, 0.3) is 0 Å². The molecule has 0 aromatic carbocycles. The van der Waals surface area contributed by atoms with Crippen molar-refractivity contribution in [3.8, 4) is 0 Å².